The minimum absolute atomic E-state index is 0.905. The fourth-order valence-corrected chi connectivity index (χ4v) is 25.1. The molecule has 0 aliphatic carbocycles. The number of fused-ring (bicyclic) bond motifs is 32. The van der Waals surface area contributed by atoms with Crippen LogP contribution in [-0.4, -0.2) is 46.1 Å². The SMILES string of the molecule is c1ccc(-c2cccc(-n3c4ccccc4c4cc(-n5c6ccccc6c6ccc7c(c8ccccc8n7-c7ccccc7)c65)ccc43)n2)cc1.c1ccc(-n2c3ccccc3c3c2ccc2c4ccccc4n(-c4cccc5c6ccccc6n(-c6ccc7ccccc7c6)c45)c23)cc1.c1ccc(-n2c3ccccc3c3ccc4c(c5ccccc5n4-c4cccc5c6ccccc6n(-c6ccc7ccccc7c6)c45)c32)cc1. The third-order valence-electron chi connectivity index (χ3n) is 31.2. The number of pyridine rings is 1. The van der Waals surface area contributed by atoms with E-state index >= 15 is 0 Å². The van der Waals surface area contributed by atoms with Crippen molar-refractivity contribution in [3.8, 4) is 62.6 Å². The van der Waals surface area contributed by atoms with Gasteiger partial charge in [0.1, 0.15) is 5.82 Å². The summed E-state index contributed by atoms with van der Waals surface area (Å²) in [6, 6.07) is 194. The van der Waals surface area contributed by atoms with Gasteiger partial charge in [-0.1, -0.05) is 358 Å². The third-order valence-corrected chi connectivity index (χ3v) is 31.2. The lowest BCUT2D eigenvalue weighted by Gasteiger charge is -2.15. The van der Waals surface area contributed by atoms with Gasteiger partial charge in [-0.3, -0.25) is 4.57 Å². The Morgan fingerprint density at radius 3 is 0.826 bits per heavy atom. The summed E-state index contributed by atoms with van der Waals surface area (Å²) < 4.78 is 22.0. The van der Waals surface area contributed by atoms with Crippen LogP contribution in [0.3, 0.4) is 0 Å². The number of hydrogen-bond donors (Lipinski definition) is 0. The first-order chi connectivity index (χ1) is 74.0. The lowest BCUT2D eigenvalue weighted by atomic mass is 10.1. The Labute approximate surface area is 854 Å². The van der Waals surface area contributed by atoms with Gasteiger partial charge in [0.25, 0.3) is 0 Å². The van der Waals surface area contributed by atoms with Gasteiger partial charge in [-0.25, -0.2) is 4.98 Å². The van der Waals surface area contributed by atoms with E-state index in [1.807, 2.05) is 6.07 Å². The monoisotopic (exact) mass is 1900 g/mol. The summed E-state index contributed by atoms with van der Waals surface area (Å²) in [6.45, 7) is 0. The number of hydrogen-bond acceptors (Lipinski definition) is 1. The smallest absolute Gasteiger partial charge is 0.138 e. The number of para-hydroxylation sites is 14. The molecule has 0 N–H and O–H groups in total. The molecule has 0 unspecified atom stereocenters. The normalized spacial score (nSPS) is 12.0. The second kappa shape index (κ2) is 33.3. The molecule has 0 aliphatic rings. The van der Waals surface area contributed by atoms with Crippen molar-refractivity contribution in [2.75, 3.05) is 0 Å². The summed E-state index contributed by atoms with van der Waals surface area (Å²) in [5.74, 6) is 0.905. The summed E-state index contributed by atoms with van der Waals surface area (Å²) in [4.78, 5) is 5.19. The second-order valence-corrected chi connectivity index (χ2v) is 39.1. The van der Waals surface area contributed by atoms with Crippen LogP contribution in [0.4, 0.5) is 0 Å². The molecule has 0 atom stereocenters. The van der Waals surface area contributed by atoms with Gasteiger partial charge in [0.05, 0.1) is 116 Å². The Kier molecular flexibility index (Phi) is 18.6. The van der Waals surface area contributed by atoms with Crippen LogP contribution in [0, 0.1) is 0 Å². The minimum Gasteiger partial charge on any atom is -0.309 e. The van der Waals surface area contributed by atoms with Gasteiger partial charge in [0, 0.05) is 137 Å². The Morgan fingerprint density at radius 1 is 0.128 bits per heavy atom. The van der Waals surface area contributed by atoms with Crippen LogP contribution in [0.1, 0.15) is 0 Å². The fourth-order valence-electron chi connectivity index (χ4n) is 25.1. The molecule has 0 radical (unpaired) electrons. The third kappa shape index (κ3) is 12.6. The summed E-state index contributed by atoms with van der Waals surface area (Å²) in [5.41, 5.74) is 32.9. The molecule has 10 aromatic heterocycles. The van der Waals surface area contributed by atoms with E-state index in [1.165, 1.54) is 207 Å². The molecule has 0 saturated heterocycles. The summed E-state index contributed by atoms with van der Waals surface area (Å²) in [5, 5.41) is 27.4. The van der Waals surface area contributed by atoms with Gasteiger partial charge in [0.15, 0.2) is 0 Å². The predicted molar refractivity (Wildman–Crippen MR) is 627 cm³/mol. The van der Waals surface area contributed by atoms with Crippen molar-refractivity contribution in [3.05, 3.63) is 534 Å². The second-order valence-electron chi connectivity index (χ2n) is 39.1. The fraction of sp³-hybridized carbons (Fsp3) is 0. The van der Waals surface area contributed by atoms with E-state index in [1.54, 1.807) is 0 Å². The molecular formula is C139H88N10. The van der Waals surface area contributed by atoms with Gasteiger partial charge in [-0.15, -0.1) is 0 Å². The van der Waals surface area contributed by atoms with E-state index in [4.69, 9.17) is 4.98 Å². The van der Waals surface area contributed by atoms with Crippen LogP contribution in [0.15, 0.2) is 534 Å². The molecule has 0 spiro atoms. The molecule has 10 heterocycles. The van der Waals surface area contributed by atoms with Crippen LogP contribution >= 0.6 is 0 Å². The summed E-state index contributed by atoms with van der Waals surface area (Å²) in [7, 11) is 0. The highest BCUT2D eigenvalue weighted by atomic mass is 15.1. The van der Waals surface area contributed by atoms with Crippen molar-refractivity contribution in [2.45, 2.75) is 0 Å². The van der Waals surface area contributed by atoms with Gasteiger partial charge in [0.2, 0.25) is 0 Å². The molecule has 0 amide bonds. The molecule has 10 heteroatoms. The van der Waals surface area contributed by atoms with E-state index < -0.39 is 0 Å². The highest BCUT2D eigenvalue weighted by Gasteiger charge is 2.30. The van der Waals surface area contributed by atoms with E-state index in [9.17, 15) is 0 Å². The zero-order valence-electron chi connectivity index (χ0n) is 80.8. The van der Waals surface area contributed by atoms with Gasteiger partial charge in [-0.05, 0) is 197 Å². The molecular weight excluding hydrogens is 1810 g/mol. The van der Waals surface area contributed by atoms with Crippen molar-refractivity contribution >= 4 is 218 Å². The van der Waals surface area contributed by atoms with Crippen LogP contribution in [0.2, 0.25) is 0 Å². The molecule has 33 aromatic rings. The topological polar surface area (TPSA) is 57.3 Å². The molecule has 23 aromatic carbocycles. The minimum atomic E-state index is 0.905. The first-order valence-electron chi connectivity index (χ1n) is 51.2. The lowest BCUT2D eigenvalue weighted by Crippen LogP contribution is -2.01. The Balaban J connectivity index is 0.000000101. The van der Waals surface area contributed by atoms with Crippen molar-refractivity contribution in [1.82, 2.24) is 46.1 Å². The van der Waals surface area contributed by atoms with Crippen LogP contribution < -0.4 is 0 Å². The summed E-state index contributed by atoms with van der Waals surface area (Å²) in [6.07, 6.45) is 0. The van der Waals surface area contributed by atoms with Gasteiger partial charge in [-0.2, -0.15) is 0 Å². The number of benzene rings is 23. The maximum absolute atomic E-state index is 5.19. The largest absolute Gasteiger partial charge is 0.309 e. The Morgan fingerprint density at radius 2 is 0.396 bits per heavy atom. The molecule has 694 valence electrons. The van der Waals surface area contributed by atoms with Crippen LogP contribution in [0.25, 0.3) is 280 Å². The Hall–Kier alpha value is -20.1. The first kappa shape index (κ1) is 83.5. The number of rotatable bonds is 10. The highest BCUT2D eigenvalue weighted by Crippen LogP contribution is 2.51. The van der Waals surface area contributed by atoms with E-state index in [-0.39, 0.29) is 0 Å². The lowest BCUT2D eigenvalue weighted by molar-refractivity contribution is 1.08. The zero-order valence-corrected chi connectivity index (χ0v) is 80.8. The van der Waals surface area contributed by atoms with E-state index in [2.05, 4.69) is 569 Å². The molecule has 0 aliphatic heterocycles. The van der Waals surface area contributed by atoms with Crippen LogP contribution in [-0.2, 0) is 0 Å². The van der Waals surface area contributed by atoms with Crippen molar-refractivity contribution < 1.29 is 0 Å². The molecule has 10 nitrogen and oxygen atoms in total. The Bertz CT molecular complexity index is 11400. The number of nitrogens with zero attached hydrogens (tertiary/aromatic N) is 10. The highest BCUT2D eigenvalue weighted by molar-refractivity contribution is 6.31. The summed E-state index contributed by atoms with van der Waals surface area (Å²) >= 11 is 0. The van der Waals surface area contributed by atoms with Crippen molar-refractivity contribution in [3.63, 3.8) is 0 Å². The maximum atomic E-state index is 5.19. The molecule has 0 saturated carbocycles. The van der Waals surface area contributed by atoms with Crippen LogP contribution in [0.5, 0.6) is 0 Å². The van der Waals surface area contributed by atoms with Crippen molar-refractivity contribution in [1.29, 1.82) is 0 Å². The van der Waals surface area contributed by atoms with Gasteiger partial charge >= 0.3 is 0 Å². The molecule has 0 fully saturated rings. The number of aromatic nitrogens is 10. The average molecular weight is 1900 g/mol. The van der Waals surface area contributed by atoms with Crippen molar-refractivity contribution in [2.24, 2.45) is 0 Å². The average Bonchev–Trinajstić information content (AvgIpc) is 1.54. The van der Waals surface area contributed by atoms with E-state index in [0.29, 0.717) is 0 Å². The quantitative estimate of drug-likeness (QED) is 0.135. The molecule has 0 bridgehead atoms. The predicted octanol–water partition coefficient (Wildman–Crippen LogP) is 36.3. The zero-order chi connectivity index (χ0) is 97.6. The molecule has 149 heavy (non-hydrogen) atoms. The van der Waals surface area contributed by atoms with E-state index in [0.717, 1.165) is 73.6 Å². The molecule has 33 rings (SSSR count). The first-order valence-corrected chi connectivity index (χ1v) is 51.2. The standard InChI is InChI=1S/C47H30N4.2C46H29N3/c1-3-14-31(15-4-1)39-21-13-25-45(48-39)51-41-23-11-8-19-35(41)38-30-33(26-28-43(38)51)50-40-22-10-7-18-34(40)36-27-29-44-46(47(36)50)37-20-9-12-24-42(37)49(44)32-16-5-2-6-17-32;1-2-15-32(16-3-1)47-39-21-9-7-18-35(39)37-27-28-42-44(46(37)47)38-19-8-11-23-41(38)49(42)43-24-12-20-36-34-17-6-10-22-40(34)48(45(36)43)33-26-25-30-13-4-5-14-31(30)29-33;1-2-15-32(16-3-1)47-41-23-11-8-19-38(41)44-42(47)28-27-37-35-18-7-10-22-40(35)49(46(37)44)43-24-12-20-36-34-17-6-9-21-39(34)48(45(36)43)33-26-25-30-13-4-5-14-31(30)29-33/h1-30H;2*1-29H. The van der Waals surface area contributed by atoms with Gasteiger partial charge < -0.3 is 36.5 Å². The maximum Gasteiger partial charge on any atom is 0.138 e.